The molecule has 0 spiro atoms. The largest absolute Gasteiger partial charge is 0.317 e. The van der Waals surface area contributed by atoms with Crippen LogP contribution < -0.4 is 5.32 Å². The average molecular weight is 209 g/mol. The predicted octanol–water partition coefficient (Wildman–Crippen LogP) is 0.540. The highest BCUT2D eigenvalue weighted by molar-refractivity contribution is 5.03. The summed E-state index contributed by atoms with van der Waals surface area (Å²) in [6.45, 7) is 4.88. The summed E-state index contributed by atoms with van der Waals surface area (Å²) in [6.07, 6.45) is 7.21. The number of nitrogens with one attached hydrogen (secondary N) is 1. The number of piperazine rings is 1. The van der Waals surface area contributed by atoms with Crippen LogP contribution in [0.3, 0.4) is 0 Å². The summed E-state index contributed by atoms with van der Waals surface area (Å²) in [5, 5.41) is 3.39. The molecule has 3 nitrogen and oxygen atoms in total. The second kappa shape index (κ2) is 5.10. The highest BCUT2D eigenvalue weighted by Gasteiger charge is 2.24. The van der Waals surface area contributed by atoms with E-state index in [-0.39, 0.29) is 0 Å². The van der Waals surface area contributed by atoms with E-state index in [9.17, 15) is 0 Å². The van der Waals surface area contributed by atoms with Crippen LogP contribution in [-0.2, 0) is 0 Å². The maximum absolute atomic E-state index is 3.39. The van der Waals surface area contributed by atoms with E-state index in [4.69, 9.17) is 0 Å². The van der Waals surface area contributed by atoms with E-state index in [1.165, 1.54) is 39.0 Å². The van der Waals surface area contributed by atoms with Crippen molar-refractivity contribution >= 4 is 0 Å². The molecule has 0 aromatic carbocycles. The lowest BCUT2D eigenvalue weighted by Gasteiger charge is -2.39. The summed E-state index contributed by atoms with van der Waals surface area (Å²) in [6, 6.07) is 1.35. The zero-order chi connectivity index (χ0) is 10.7. The summed E-state index contributed by atoms with van der Waals surface area (Å²) < 4.78 is 0. The summed E-state index contributed by atoms with van der Waals surface area (Å²) in [7, 11) is 4.29. The Kier molecular flexibility index (Phi) is 3.78. The van der Waals surface area contributed by atoms with Gasteiger partial charge in [0, 0.05) is 38.3 Å². The third-order valence-corrected chi connectivity index (χ3v) is 3.72. The van der Waals surface area contributed by atoms with Crippen molar-refractivity contribution in [1.82, 2.24) is 15.1 Å². The number of hydrogen-bond acceptors (Lipinski definition) is 3. The van der Waals surface area contributed by atoms with Crippen molar-refractivity contribution in [2.75, 3.05) is 40.3 Å². The van der Waals surface area contributed by atoms with Gasteiger partial charge < -0.3 is 10.2 Å². The first kappa shape index (κ1) is 11.1. The molecule has 2 aliphatic rings. The zero-order valence-corrected chi connectivity index (χ0v) is 9.95. The van der Waals surface area contributed by atoms with Crippen LogP contribution in [0.1, 0.15) is 12.8 Å². The molecule has 0 saturated carbocycles. The van der Waals surface area contributed by atoms with Gasteiger partial charge >= 0.3 is 0 Å². The van der Waals surface area contributed by atoms with Gasteiger partial charge in [-0.25, -0.2) is 0 Å². The molecule has 0 amide bonds. The van der Waals surface area contributed by atoms with Gasteiger partial charge in [0.1, 0.15) is 0 Å². The Morgan fingerprint density at radius 1 is 1.20 bits per heavy atom. The molecule has 86 valence electrons. The van der Waals surface area contributed by atoms with Gasteiger partial charge in [0.05, 0.1) is 0 Å². The fourth-order valence-corrected chi connectivity index (χ4v) is 2.53. The first-order chi connectivity index (χ1) is 7.29. The first-order valence-electron chi connectivity index (χ1n) is 6.06. The van der Waals surface area contributed by atoms with Gasteiger partial charge in [-0.15, -0.1) is 0 Å². The molecule has 1 fully saturated rings. The van der Waals surface area contributed by atoms with Gasteiger partial charge in [0.2, 0.25) is 0 Å². The lowest BCUT2D eigenvalue weighted by atomic mass is 9.96. The van der Waals surface area contributed by atoms with Gasteiger partial charge in [-0.3, -0.25) is 4.90 Å². The second-order valence-electron chi connectivity index (χ2n) is 4.79. The van der Waals surface area contributed by atoms with Crippen molar-refractivity contribution in [2.24, 2.45) is 0 Å². The molecular formula is C12H23N3. The van der Waals surface area contributed by atoms with Crippen LogP contribution in [0.2, 0.25) is 0 Å². The van der Waals surface area contributed by atoms with E-state index in [0.29, 0.717) is 12.1 Å². The van der Waals surface area contributed by atoms with Crippen molar-refractivity contribution in [2.45, 2.75) is 24.9 Å². The molecule has 1 heterocycles. The number of likely N-dealkylation sites (N-methyl/N-ethyl adjacent to an activating group) is 1. The van der Waals surface area contributed by atoms with E-state index in [1.54, 1.807) is 0 Å². The smallest absolute Gasteiger partial charge is 0.0294 e. The van der Waals surface area contributed by atoms with Crippen LogP contribution in [-0.4, -0.2) is 62.2 Å². The molecule has 3 heteroatoms. The molecule has 0 radical (unpaired) electrons. The molecule has 1 saturated heterocycles. The van der Waals surface area contributed by atoms with Crippen molar-refractivity contribution in [3.8, 4) is 0 Å². The van der Waals surface area contributed by atoms with Crippen LogP contribution >= 0.6 is 0 Å². The topological polar surface area (TPSA) is 18.5 Å². The van der Waals surface area contributed by atoms with Gasteiger partial charge in [-0.05, 0) is 26.9 Å². The van der Waals surface area contributed by atoms with E-state index in [2.05, 4.69) is 41.4 Å². The average Bonchev–Trinajstić information content (AvgIpc) is 2.30. The number of nitrogens with zero attached hydrogens (tertiary/aromatic N) is 2. The Hall–Kier alpha value is -0.380. The molecule has 1 aliphatic heterocycles. The van der Waals surface area contributed by atoms with Crippen LogP contribution in [0.5, 0.6) is 0 Å². The minimum atomic E-state index is 0.671. The first-order valence-corrected chi connectivity index (χ1v) is 6.06. The van der Waals surface area contributed by atoms with E-state index in [1.807, 2.05) is 0 Å². The highest BCUT2D eigenvalue weighted by atomic mass is 15.3. The fourth-order valence-electron chi connectivity index (χ4n) is 2.53. The Balaban J connectivity index is 1.88. The Labute approximate surface area is 93.1 Å². The SMILES string of the molecule is CN[C@@H]1CC=C[C@H](N2CCN(C)CC2)C1. The van der Waals surface area contributed by atoms with Crippen molar-refractivity contribution in [3.63, 3.8) is 0 Å². The minimum Gasteiger partial charge on any atom is -0.317 e. The minimum absolute atomic E-state index is 0.671. The molecule has 0 bridgehead atoms. The Morgan fingerprint density at radius 3 is 2.60 bits per heavy atom. The van der Waals surface area contributed by atoms with Crippen LogP contribution in [0, 0.1) is 0 Å². The van der Waals surface area contributed by atoms with Crippen molar-refractivity contribution in [3.05, 3.63) is 12.2 Å². The maximum Gasteiger partial charge on any atom is 0.0294 e. The quantitative estimate of drug-likeness (QED) is 0.670. The summed E-state index contributed by atoms with van der Waals surface area (Å²) in [5.74, 6) is 0. The molecule has 0 aromatic heterocycles. The molecule has 0 unspecified atom stereocenters. The lowest BCUT2D eigenvalue weighted by Crippen LogP contribution is -2.50. The fraction of sp³-hybridized carbons (Fsp3) is 0.833. The standard InChI is InChI=1S/C12H23N3/c1-13-11-4-3-5-12(10-11)15-8-6-14(2)7-9-15/h3,5,11-13H,4,6-10H2,1-2H3/t11-,12+/m1/s1. The van der Waals surface area contributed by atoms with Crippen LogP contribution in [0.25, 0.3) is 0 Å². The van der Waals surface area contributed by atoms with Crippen LogP contribution in [0.15, 0.2) is 12.2 Å². The summed E-state index contributed by atoms with van der Waals surface area (Å²) >= 11 is 0. The van der Waals surface area contributed by atoms with Crippen molar-refractivity contribution < 1.29 is 0 Å². The lowest BCUT2D eigenvalue weighted by molar-refractivity contribution is 0.119. The number of hydrogen-bond donors (Lipinski definition) is 1. The second-order valence-corrected chi connectivity index (χ2v) is 4.79. The molecule has 15 heavy (non-hydrogen) atoms. The molecule has 1 N–H and O–H groups in total. The summed E-state index contributed by atoms with van der Waals surface area (Å²) in [5.41, 5.74) is 0. The van der Waals surface area contributed by atoms with Crippen molar-refractivity contribution in [1.29, 1.82) is 0 Å². The van der Waals surface area contributed by atoms with E-state index in [0.717, 1.165) is 0 Å². The Bertz CT molecular complexity index is 219. The van der Waals surface area contributed by atoms with Gasteiger partial charge in [-0.1, -0.05) is 12.2 Å². The molecular weight excluding hydrogens is 186 g/mol. The highest BCUT2D eigenvalue weighted by Crippen LogP contribution is 2.18. The van der Waals surface area contributed by atoms with E-state index >= 15 is 0 Å². The molecule has 1 aliphatic carbocycles. The third kappa shape index (κ3) is 2.80. The molecule has 0 aromatic rings. The maximum atomic E-state index is 3.39. The van der Waals surface area contributed by atoms with Crippen LogP contribution in [0.4, 0.5) is 0 Å². The third-order valence-electron chi connectivity index (χ3n) is 3.72. The van der Waals surface area contributed by atoms with Gasteiger partial charge in [-0.2, -0.15) is 0 Å². The molecule has 2 rings (SSSR count). The Morgan fingerprint density at radius 2 is 1.93 bits per heavy atom. The zero-order valence-electron chi connectivity index (χ0n) is 9.95. The predicted molar refractivity (Wildman–Crippen MR) is 64.1 cm³/mol. The normalized spacial score (nSPS) is 34.5. The van der Waals surface area contributed by atoms with Gasteiger partial charge in [0.25, 0.3) is 0 Å². The number of rotatable bonds is 2. The van der Waals surface area contributed by atoms with Gasteiger partial charge in [0.15, 0.2) is 0 Å². The molecule has 2 atom stereocenters. The summed E-state index contributed by atoms with van der Waals surface area (Å²) in [4.78, 5) is 5.04. The van der Waals surface area contributed by atoms with E-state index < -0.39 is 0 Å². The monoisotopic (exact) mass is 209 g/mol.